The van der Waals surface area contributed by atoms with E-state index in [0.29, 0.717) is 42.9 Å². The third-order valence-electron chi connectivity index (χ3n) is 5.31. The van der Waals surface area contributed by atoms with Crippen LogP contribution in [0.4, 0.5) is 0 Å². The molecule has 0 radical (unpaired) electrons. The number of hydrogen-bond donors (Lipinski definition) is 1. The Labute approximate surface area is 207 Å². The second-order valence-electron chi connectivity index (χ2n) is 7.35. The number of nitrogens with zero attached hydrogens (tertiary/aromatic N) is 3. The largest absolute Gasteiger partial charge is 0.504 e. The number of rotatable bonds is 5. The van der Waals surface area contributed by atoms with Gasteiger partial charge < -0.3 is 19.0 Å². The molecule has 0 aliphatic carbocycles. The standard InChI is InChI=1S/C25H18IN3O5/c1-32-19-8-5-9-20-16(19)12-22(34-20)24-28-18-7-4-3-6-15(18)25(31)29(24)27-13-14-10-17(26)23(30)21(11-14)33-2/h3-13,30H,1-2H3. The number of ether oxygens (including phenoxy) is 2. The Balaban J connectivity index is 1.73. The molecule has 0 saturated carbocycles. The highest BCUT2D eigenvalue weighted by molar-refractivity contribution is 14.1. The van der Waals surface area contributed by atoms with Crippen LogP contribution in [0.5, 0.6) is 17.2 Å². The number of phenols is 1. The number of fused-ring (bicyclic) bond motifs is 2. The minimum absolute atomic E-state index is 0.0432. The molecule has 0 aliphatic rings. The summed E-state index contributed by atoms with van der Waals surface area (Å²) in [6.45, 7) is 0. The van der Waals surface area contributed by atoms with Crippen molar-refractivity contribution < 1.29 is 19.0 Å². The number of furan rings is 1. The molecular weight excluding hydrogens is 549 g/mol. The van der Waals surface area contributed by atoms with Gasteiger partial charge in [0.15, 0.2) is 17.3 Å². The maximum Gasteiger partial charge on any atom is 0.282 e. The van der Waals surface area contributed by atoms with Gasteiger partial charge in [-0.3, -0.25) is 4.79 Å². The van der Waals surface area contributed by atoms with Gasteiger partial charge >= 0.3 is 0 Å². The van der Waals surface area contributed by atoms with Crippen molar-refractivity contribution in [1.29, 1.82) is 0 Å². The molecule has 0 unspecified atom stereocenters. The van der Waals surface area contributed by atoms with Crippen LogP contribution in [0.15, 0.2) is 75.0 Å². The first-order valence-corrected chi connectivity index (χ1v) is 11.3. The molecule has 0 bridgehead atoms. The number of phenolic OH excluding ortho intramolecular Hbond substituents is 1. The van der Waals surface area contributed by atoms with Gasteiger partial charge in [0.1, 0.15) is 11.3 Å². The van der Waals surface area contributed by atoms with Crippen LogP contribution in [0.1, 0.15) is 5.56 Å². The monoisotopic (exact) mass is 567 g/mol. The summed E-state index contributed by atoms with van der Waals surface area (Å²) < 4.78 is 18.5. The molecule has 34 heavy (non-hydrogen) atoms. The minimum Gasteiger partial charge on any atom is -0.504 e. The fourth-order valence-corrected chi connectivity index (χ4v) is 4.29. The first-order chi connectivity index (χ1) is 16.5. The maximum absolute atomic E-state index is 13.4. The molecule has 0 saturated heterocycles. The minimum atomic E-state index is -0.343. The molecule has 5 rings (SSSR count). The van der Waals surface area contributed by atoms with Crippen LogP contribution < -0.4 is 15.0 Å². The number of para-hydroxylation sites is 1. The van der Waals surface area contributed by atoms with E-state index >= 15 is 0 Å². The van der Waals surface area contributed by atoms with Crippen LogP contribution in [-0.2, 0) is 0 Å². The molecule has 0 aliphatic heterocycles. The molecule has 8 nitrogen and oxygen atoms in total. The highest BCUT2D eigenvalue weighted by atomic mass is 127. The van der Waals surface area contributed by atoms with Gasteiger partial charge in [0, 0.05) is 0 Å². The van der Waals surface area contributed by atoms with Gasteiger partial charge in [-0.2, -0.15) is 9.78 Å². The lowest BCUT2D eigenvalue weighted by Gasteiger charge is -2.08. The van der Waals surface area contributed by atoms with Gasteiger partial charge in [-0.05, 0) is 70.6 Å². The van der Waals surface area contributed by atoms with Gasteiger partial charge in [0.2, 0.25) is 5.82 Å². The summed E-state index contributed by atoms with van der Waals surface area (Å²) in [5.74, 6) is 1.62. The number of aromatic nitrogens is 2. The van der Waals surface area contributed by atoms with E-state index in [0.717, 1.165) is 5.39 Å². The summed E-state index contributed by atoms with van der Waals surface area (Å²) in [7, 11) is 3.06. The van der Waals surface area contributed by atoms with Crippen molar-refractivity contribution in [1.82, 2.24) is 9.66 Å². The summed E-state index contributed by atoms with van der Waals surface area (Å²) in [4.78, 5) is 18.1. The smallest absolute Gasteiger partial charge is 0.282 e. The summed E-state index contributed by atoms with van der Waals surface area (Å²) >= 11 is 2.00. The van der Waals surface area contributed by atoms with Crippen LogP contribution >= 0.6 is 22.6 Å². The first-order valence-electron chi connectivity index (χ1n) is 10.2. The lowest BCUT2D eigenvalue weighted by molar-refractivity contribution is 0.371. The molecular formula is C25H18IN3O5. The average molecular weight is 567 g/mol. The first kappa shape index (κ1) is 22.0. The SMILES string of the molecule is COc1cc(C=Nn2c(-c3cc4c(OC)cccc4o3)nc3ccccc3c2=O)cc(I)c1O. The van der Waals surface area contributed by atoms with Crippen LogP contribution in [0, 0.1) is 3.57 Å². The zero-order valence-electron chi connectivity index (χ0n) is 18.2. The van der Waals surface area contributed by atoms with Gasteiger partial charge in [-0.1, -0.05) is 18.2 Å². The summed E-state index contributed by atoms with van der Waals surface area (Å²) in [6, 6.07) is 17.7. The Morgan fingerprint density at radius 1 is 1.03 bits per heavy atom. The zero-order valence-corrected chi connectivity index (χ0v) is 20.3. The molecule has 3 aromatic carbocycles. The van der Waals surface area contributed by atoms with Crippen LogP contribution in [-0.4, -0.2) is 35.2 Å². The molecule has 2 heterocycles. The second-order valence-corrected chi connectivity index (χ2v) is 8.51. The molecule has 0 amide bonds. The number of hydrogen-bond acceptors (Lipinski definition) is 7. The normalized spacial score (nSPS) is 11.5. The molecule has 0 fully saturated rings. The van der Waals surface area contributed by atoms with Crippen molar-refractivity contribution in [2.24, 2.45) is 5.10 Å². The lowest BCUT2D eigenvalue weighted by atomic mass is 10.2. The van der Waals surface area contributed by atoms with Gasteiger partial charge in [-0.25, -0.2) is 4.98 Å². The highest BCUT2D eigenvalue weighted by Crippen LogP contribution is 2.33. The van der Waals surface area contributed by atoms with Gasteiger partial charge in [-0.15, -0.1) is 0 Å². The summed E-state index contributed by atoms with van der Waals surface area (Å²) in [6.07, 6.45) is 1.51. The molecule has 1 N–H and O–H groups in total. The van der Waals surface area contributed by atoms with Crippen LogP contribution in [0.25, 0.3) is 33.5 Å². The number of aromatic hydroxyl groups is 1. The fourth-order valence-electron chi connectivity index (χ4n) is 3.66. The van der Waals surface area contributed by atoms with Crippen molar-refractivity contribution in [2.45, 2.75) is 0 Å². The average Bonchev–Trinajstić information content (AvgIpc) is 3.29. The quantitative estimate of drug-likeness (QED) is 0.237. The van der Waals surface area contributed by atoms with E-state index in [1.807, 2.05) is 46.9 Å². The van der Waals surface area contributed by atoms with Crippen molar-refractivity contribution >= 4 is 50.7 Å². The van der Waals surface area contributed by atoms with E-state index in [1.165, 1.54) is 18.0 Å². The number of methoxy groups -OCH3 is 2. The third-order valence-corrected chi connectivity index (χ3v) is 6.13. The molecule has 2 aromatic heterocycles. The molecule has 0 atom stereocenters. The predicted octanol–water partition coefficient (Wildman–Crippen LogP) is 5.02. The fraction of sp³-hybridized carbons (Fsp3) is 0.0800. The zero-order chi connectivity index (χ0) is 23.8. The molecule has 170 valence electrons. The lowest BCUT2D eigenvalue weighted by Crippen LogP contribution is -2.20. The molecule has 0 spiro atoms. The van der Waals surface area contributed by atoms with Crippen molar-refractivity contribution in [2.75, 3.05) is 14.2 Å². The predicted molar refractivity (Wildman–Crippen MR) is 138 cm³/mol. The maximum atomic E-state index is 13.4. The molecule has 5 aromatic rings. The van der Waals surface area contributed by atoms with Crippen molar-refractivity contribution in [3.8, 4) is 28.8 Å². The number of benzene rings is 3. The van der Waals surface area contributed by atoms with E-state index < -0.39 is 0 Å². The highest BCUT2D eigenvalue weighted by Gasteiger charge is 2.18. The Morgan fingerprint density at radius 3 is 2.62 bits per heavy atom. The van der Waals surface area contributed by atoms with E-state index in [1.54, 1.807) is 43.5 Å². The van der Waals surface area contributed by atoms with Gasteiger partial charge in [0.25, 0.3) is 5.56 Å². The Morgan fingerprint density at radius 2 is 1.82 bits per heavy atom. The third kappa shape index (κ3) is 3.77. The van der Waals surface area contributed by atoms with Crippen molar-refractivity contribution in [3.63, 3.8) is 0 Å². The second kappa shape index (κ2) is 8.82. The van der Waals surface area contributed by atoms with Crippen molar-refractivity contribution in [3.05, 3.63) is 80.2 Å². The Hall–Kier alpha value is -3.86. The number of halogens is 1. The summed E-state index contributed by atoms with van der Waals surface area (Å²) in [5, 5.41) is 15.7. The van der Waals surface area contributed by atoms with E-state index in [9.17, 15) is 9.90 Å². The van der Waals surface area contributed by atoms with E-state index in [-0.39, 0.29) is 17.1 Å². The Bertz CT molecular complexity index is 1640. The molecule has 9 heteroatoms. The van der Waals surface area contributed by atoms with Crippen LogP contribution in [0.2, 0.25) is 0 Å². The van der Waals surface area contributed by atoms with E-state index in [4.69, 9.17) is 13.9 Å². The van der Waals surface area contributed by atoms with Crippen LogP contribution in [0.3, 0.4) is 0 Å². The topological polar surface area (TPSA) is 99.1 Å². The summed E-state index contributed by atoms with van der Waals surface area (Å²) in [5.41, 5.74) is 1.42. The van der Waals surface area contributed by atoms with E-state index in [2.05, 4.69) is 10.1 Å². The van der Waals surface area contributed by atoms with Gasteiger partial charge in [0.05, 0.1) is 40.3 Å². The Kier molecular flexibility index (Phi) is 5.70.